The molecule has 0 aliphatic rings. The SMILES string of the molecule is CC(=N)/C=N\NCC(=O)O. The number of hydrazone groups is 1. The van der Waals surface area contributed by atoms with E-state index >= 15 is 0 Å². The van der Waals surface area contributed by atoms with E-state index in [9.17, 15) is 4.79 Å². The van der Waals surface area contributed by atoms with Gasteiger partial charge in [-0.2, -0.15) is 5.10 Å². The van der Waals surface area contributed by atoms with Crippen molar-refractivity contribution in [3.8, 4) is 0 Å². The third-order valence-corrected chi connectivity index (χ3v) is 0.580. The molecule has 0 aromatic rings. The largest absolute Gasteiger partial charge is 0.480 e. The van der Waals surface area contributed by atoms with Crippen LogP contribution in [-0.4, -0.2) is 29.5 Å². The van der Waals surface area contributed by atoms with Crippen LogP contribution in [0.3, 0.4) is 0 Å². The summed E-state index contributed by atoms with van der Waals surface area (Å²) in [6, 6.07) is 0. The fraction of sp³-hybridized carbons (Fsp3) is 0.400. The number of nitrogens with one attached hydrogen (secondary N) is 2. The fourth-order valence-electron chi connectivity index (χ4n) is 0.256. The molecule has 0 radical (unpaired) electrons. The van der Waals surface area contributed by atoms with E-state index in [1.165, 1.54) is 6.21 Å². The van der Waals surface area contributed by atoms with Crippen LogP contribution < -0.4 is 5.43 Å². The number of carboxylic acid groups (broad SMARTS) is 1. The summed E-state index contributed by atoms with van der Waals surface area (Å²) in [6.45, 7) is 1.33. The lowest BCUT2D eigenvalue weighted by Crippen LogP contribution is -2.17. The summed E-state index contributed by atoms with van der Waals surface area (Å²) >= 11 is 0. The zero-order valence-corrected chi connectivity index (χ0v) is 5.59. The molecule has 0 aliphatic carbocycles. The maximum Gasteiger partial charge on any atom is 0.324 e. The highest BCUT2D eigenvalue weighted by Crippen LogP contribution is 1.63. The van der Waals surface area contributed by atoms with Gasteiger partial charge in [-0.1, -0.05) is 0 Å². The first kappa shape index (κ1) is 8.61. The number of aliphatic carboxylic acids is 1. The second-order valence-corrected chi connectivity index (χ2v) is 1.67. The molecular weight excluding hydrogens is 134 g/mol. The third kappa shape index (κ3) is 6.61. The molecule has 0 spiro atoms. The quantitative estimate of drug-likeness (QED) is 0.372. The summed E-state index contributed by atoms with van der Waals surface area (Å²) in [5, 5.41) is 18.4. The summed E-state index contributed by atoms with van der Waals surface area (Å²) in [5.41, 5.74) is 2.52. The number of carbonyl (C=O) groups is 1. The Balaban J connectivity index is 3.36. The molecule has 5 heteroatoms. The molecule has 0 bridgehead atoms. The number of hydrogen-bond donors (Lipinski definition) is 3. The second-order valence-electron chi connectivity index (χ2n) is 1.67. The van der Waals surface area contributed by atoms with Gasteiger partial charge in [0.1, 0.15) is 6.54 Å². The molecule has 0 unspecified atom stereocenters. The van der Waals surface area contributed by atoms with E-state index < -0.39 is 5.97 Å². The number of nitrogens with zero attached hydrogens (tertiary/aromatic N) is 1. The van der Waals surface area contributed by atoms with Crippen molar-refractivity contribution in [1.29, 1.82) is 5.41 Å². The molecule has 0 amide bonds. The molecule has 0 saturated heterocycles. The zero-order chi connectivity index (χ0) is 7.98. The lowest BCUT2D eigenvalue weighted by Gasteiger charge is -1.91. The number of rotatable bonds is 4. The van der Waals surface area contributed by atoms with Crippen molar-refractivity contribution in [2.45, 2.75) is 6.92 Å². The van der Waals surface area contributed by atoms with Crippen LogP contribution in [0.15, 0.2) is 5.10 Å². The van der Waals surface area contributed by atoms with Crippen molar-refractivity contribution in [1.82, 2.24) is 5.43 Å². The van der Waals surface area contributed by atoms with Crippen LogP contribution in [0, 0.1) is 5.41 Å². The number of hydrogen-bond acceptors (Lipinski definition) is 4. The van der Waals surface area contributed by atoms with Gasteiger partial charge in [0.15, 0.2) is 0 Å². The zero-order valence-electron chi connectivity index (χ0n) is 5.59. The molecule has 0 atom stereocenters. The summed E-state index contributed by atoms with van der Waals surface area (Å²) in [7, 11) is 0. The van der Waals surface area contributed by atoms with Gasteiger partial charge >= 0.3 is 5.97 Å². The summed E-state index contributed by atoms with van der Waals surface area (Å²) in [4.78, 5) is 9.85. The lowest BCUT2D eigenvalue weighted by molar-refractivity contribution is -0.135. The van der Waals surface area contributed by atoms with Crippen LogP contribution in [0.2, 0.25) is 0 Å². The Morgan fingerprint density at radius 3 is 2.90 bits per heavy atom. The Morgan fingerprint density at radius 1 is 1.90 bits per heavy atom. The van der Waals surface area contributed by atoms with E-state index in [1.807, 2.05) is 0 Å². The van der Waals surface area contributed by atoms with Crippen LogP contribution in [0.5, 0.6) is 0 Å². The minimum absolute atomic E-state index is 0.218. The molecule has 0 aromatic heterocycles. The van der Waals surface area contributed by atoms with E-state index in [4.69, 9.17) is 10.5 Å². The maximum atomic E-state index is 9.85. The number of carboxylic acids is 1. The van der Waals surface area contributed by atoms with Crippen LogP contribution in [0.4, 0.5) is 0 Å². The monoisotopic (exact) mass is 143 g/mol. The highest BCUT2D eigenvalue weighted by Gasteiger charge is 1.89. The molecule has 0 aromatic carbocycles. The Bertz CT molecular complexity index is 164. The van der Waals surface area contributed by atoms with Crippen LogP contribution in [-0.2, 0) is 4.79 Å². The predicted molar refractivity (Wildman–Crippen MR) is 37.5 cm³/mol. The van der Waals surface area contributed by atoms with E-state index in [-0.39, 0.29) is 12.3 Å². The Hall–Kier alpha value is -1.39. The average Bonchev–Trinajstić information content (AvgIpc) is 1.79. The Kier molecular flexibility index (Phi) is 3.86. The molecule has 56 valence electrons. The summed E-state index contributed by atoms with van der Waals surface area (Å²) in [6.07, 6.45) is 1.24. The van der Waals surface area contributed by atoms with Gasteiger partial charge in [0.2, 0.25) is 0 Å². The third-order valence-electron chi connectivity index (χ3n) is 0.580. The summed E-state index contributed by atoms with van der Waals surface area (Å²) < 4.78 is 0. The molecular formula is C5H9N3O2. The molecule has 0 rings (SSSR count). The van der Waals surface area contributed by atoms with Crippen molar-refractivity contribution >= 4 is 17.9 Å². The van der Waals surface area contributed by atoms with Gasteiger partial charge in [0.25, 0.3) is 0 Å². The van der Waals surface area contributed by atoms with E-state index in [1.54, 1.807) is 6.92 Å². The summed E-state index contributed by atoms with van der Waals surface area (Å²) in [5.74, 6) is -0.972. The molecule has 0 heterocycles. The van der Waals surface area contributed by atoms with Crippen molar-refractivity contribution in [3.05, 3.63) is 0 Å². The van der Waals surface area contributed by atoms with E-state index in [0.717, 1.165) is 0 Å². The van der Waals surface area contributed by atoms with Crippen molar-refractivity contribution < 1.29 is 9.90 Å². The van der Waals surface area contributed by atoms with Crippen LogP contribution >= 0.6 is 0 Å². The van der Waals surface area contributed by atoms with E-state index in [0.29, 0.717) is 0 Å². The topological polar surface area (TPSA) is 85.5 Å². The second kappa shape index (κ2) is 4.49. The smallest absolute Gasteiger partial charge is 0.324 e. The maximum absolute atomic E-state index is 9.85. The Morgan fingerprint density at radius 2 is 2.50 bits per heavy atom. The van der Waals surface area contributed by atoms with Gasteiger partial charge in [0, 0.05) is 5.71 Å². The van der Waals surface area contributed by atoms with Crippen LogP contribution in [0.1, 0.15) is 6.92 Å². The normalized spacial score (nSPS) is 9.70. The minimum Gasteiger partial charge on any atom is -0.480 e. The average molecular weight is 143 g/mol. The molecule has 0 fully saturated rings. The van der Waals surface area contributed by atoms with E-state index in [2.05, 4.69) is 10.5 Å². The molecule has 3 N–H and O–H groups in total. The molecule has 0 saturated carbocycles. The molecule has 0 aliphatic heterocycles. The van der Waals surface area contributed by atoms with Crippen LogP contribution in [0.25, 0.3) is 0 Å². The van der Waals surface area contributed by atoms with Gasteiger partial charge < -0.3 is 10.5 Å². The first-order chi connectivity index (χ1) is 4.63. The van der Waals surface area contributed by atoms with Gasteiger partial charge in [-0.05, 0) is 6.92 Å². The standard InChI is InChI=1S/C5H9N3O2/c1-4(6)2-7-8-3-5(9)10/h2,6,8H,3H2,1H3,(H,9,10)/b6-4?,7-2-. The lowest BCUT2D eigenvalue weighted by atomic mass is 10.5. The Labute approximate surface area is 58.3 Å². The van der Waals surface area contributed by atoms with Crippen molar-refractivity contribution in [2.24, 2.45) is 5.10 Å². The first-order valence-electron chi connectivity index (χ1n) is 2.66. The van der Waals surface area contributed by atoms with Gasteiger partial charge in [-0.15, -0.1) is 0 Å². The highest BCUT2D eigenvalue weighted by atomic mass is 16.4. The van der Waals surface area contributed by atoms with Gasteiger partial charge in [0.05, 0.1) is 6.21 Å². The first-order valence-corrected chi connectivity index (χ1v) is 2.66. The highest BCUT2D eigenvalue weighted by molar-refractivity contribution is 6.27. The van der Waals surface area contributed by atoms with Gasteiger partial charge in [-0.25, -0.2) is 0 Å². The van der Waals surface area contributed by atoms with Gasteiger partial charge in [-0.3, -0.25) is 10.2 Å². The fourth-order valence-corrected chi connectivity index (χ4v) is 0.256. The molecule has 10 heavy (non-hydrogen) atoms. The predicted octanol–water partition coefficient (Wildman–Crippen LogP) is -0.314. The van der Waals surface area contributed by atoms with Crippen molar-refractivity contribution in [3.63, 3.8) is 0 Å². The van der Waals surface area contributed by atoms with Crippen molar-refractivity contribution in [2.75, 3.05) is 6.54 Å². The minimum atomic E-state index is -0.972. The molecule has 5 nitrogen and oxygen atoms in total.